The maximum atomic E-state index is 10.2. The molecule has 1 aliphatic heterocycles. The first-order valence-electron chi connectivity index (χ1n) is 7.91. The SMILES string of the molecule is COc1cc(OC)c(/C(=N\O)S[C@@H]2O[C@H](CO)[C@@H](O)[C@H](O)[C@H]2O)c(OC)c1. The van der Waals surface area contributed by atoms with Crippen LogP contribution in [0.1, 0.15) is 5.56 Å². The Morgan fingerprint density at radius 2 is 1.63 bits per heavy atom. The first-order valence-corrected chi connectivity index (χ1v) is 8.79. The van der Waals surface area contributed by atoms with E-state index in [1.165, 1.54) is 21.3 Å². The molecular weight excluding hydrogens is 382 g/mol. The lowest BCUT2D eigenvalue weighted by Crippen LogP contribution is -2.57. The molecule has 27 heavy (non-hydrogen) atoms. The molecule has 5 N–H and O–H groups in total. The first kappa shape index (κ1) is 21.5. The van der Waals surface area contributed by atoms with Gasteiger partial charge in [0.25, 0.3) is 0 Å². The molecule has 10 nitrogen and oxygen atoms in total. The number of aliphatic hydroxyl groups excluding tert-OH is 4. The monoisotopic (exact) mass is 405 g/mol. The van der Waals surface area contributed by atoms with E-state index >= 15 is 0 Å². The van der Waals surface area contributed by atoms with E-state index in [1.807, 2.05) is 0 Å². The summed E-state index contributed by atoms with van der Waals surface area (Å²) in [5.74, 6) is 0.995. The highest BCUT2D eigenvalue weighted by atomic mass is 32.2. The molecule has 0 bridgehead atoms. The molecule has 1 fully saturated rings. The second-order valence-corrected chi connectivity index (χ2v) is 6.71. The fourth-order valence-corrected chi connectivity index (χ4v) is 3.71. The molecule has 0 unspecified atom stereocenters. The van der Waals surface area contributed by atoms with E-state index in [-0.39, 0.29) is 22.1 Å². The van der Waals surface area contributed by atoms with Crippen LogP contribution in [0.3, 0.4) is 0 Å². The number of thioether (sulfide) groups is 1. The molecule has 1 aromatic carbocycles. The van der Waals surface area contributed by atoms with Gasteiger partial charge >= 0.3 is 0 Å². The molecule has 152 valence electrons. The summed E-state index contributed by atoms with van der Waals surface area (Å²) in [5.41, 5.74) is -0.867. The van der Waals surface area contributed by atoms with Crippen LogP contribution in [-0.2, 0) is 4.74 Å². The second kappa shape index (κ2) is 9.44. The number of rotatable bonds is 6. The number of hydrogen-bond acceptors (Lipinski definition) is 11. The average Bonchev–Trinajstić information content (AvgIpc) is 2.70. The lowest BCUT2D eigenvalue weighted by molar-refractivity contribution is -0.205. The molecule has 0 spiro atoms. The van der Waals surface area contributed by atoms with Crippen LogP contribution in [-0.4, -0.2) is 88.5 Å². The Balaban J connectivity index is 2.38. The van der Waals surface area contributed by atoms with Gasteiger partial charge < -0.3 is 44.6 Å². The average molecular weight is 405 g/mol. The minimum absolute atomic E-state index is 0.0318. The van der Waals surface area contributed by atoms with Crippen LogP contribution in [0.15, 0.2) is 17.3 Å². The molecular formula is C16H23NO9S. The zero-order chi connectivity index (χ0) is 20.1. The number of nitrogens with zero attached hydrogens (tertiary/aromatic N) is 1. The lowest BCUT2D eigenvalue weighted by atomic mass is 10.0. The molecule has 1 aromatic rings. The van der Waals surface area contributed by atoms with Crippen LogP contribution < -0.4 is 14.2 Å². The topological polar surface area (TPSA) is 150 Å². The van der Waals surface area contributed by atoms with Crippen molar-refractivity contribution in [3.05, 3.63) is 17.7 Å². The summed E-state index contributed by atoms with van der Waals surface area (Å²) < 4.78 is 21.2. The van der Waals surface area contributed by atoms with Gasteiger partial charge in [-0.2, -0.15) is 0 Å². The van der Waals surface area contributed by atoms with Gasteiger partial charge in [-0.3, -0.25) is 0 Å². The summed E-state index contributed by atoms with van der Waals surface area (Å²) in [7, 11) is 4.29. The Labute approximate surface area is 159 Å². The van der Waals surface area contributed by atoms with Crippen molar-refractivity contribution in [1.82, 2.24) is 0 Å². The van der Waals surface area contributed by atoms with Crippen molar-refractivity contribution < 1.29 is 44.6 Å². The quantitative estimate of drug-likeness (QED) is 0.179. The summed E-state index contributed by atoms with van der Waals surface area (Å²) in [5, 5.41) is 52.0. The van der Waals surface area contributed by atoms with Crippen LogP contribution in [0.4, 0.5) is 0 Å². The third-order valence-electron chi connectivity index (χ3n) is 4.10. The van der Waals surface area contributed by atoms with Crippen LogP contribution in [0.25, 0.3) is 0 Å². The maximum absolute atomic E-state index is 10.2. The highest BCUT2D eigenvalue weighted by Gasteiger charge is 2.44. The molecule has 0 saturated carbocycles. The van der Waals surface area contributed by atoms with Crippen molar-refractivity contribution in [2.45, 2.75) is 29.9 Å². The minimum atomic E-state index is -1.55. The number of oxime groups is 1. The molecule has 0 aliphatic carbocycles. The Kier molecular flexibility index (Phi) is 7.53. The summed E-state index contributed by atoms with van der Waals surface area (Å²) in [6.07, 6.45) is -5.62. The molecule has 1 heterocycles. The van der Waals surface area contributed by atoms with E-state index in [0.717, 1.165) is 11.8 Å². The van der Waals surface area contributed by atoms with Gasteiger partial charge in [-0.25, -0.2) is 0 Å². The van der Waals surface area contributed by atoms with Crippen molar-refractivity contribution in [3.63, 3.8) is 0 Å². The smallest absolute Gasteiger partial charge is 0.153 e. The summed E-state index contributed by atoms with van der Waals surface area (Å²) in [4.78, 5) is 0. The molecule has 0 amide bonds. The molecule has 1 aliphatic rings. The minimum Gasteiger partial charge on any atom is -0.496 e. The molecule has 5 atom stereocenters. The molecule has 2 rings (SSSR count). The Morgan fingerprint density at radius 1 is 1.04 bits per heavy atom. The molecule has 11 heteroatoms. The number of methoxy groups -OCH3 is 3. The second-order valence-electron chi connectivity index (χ2n) is 5.63. The van der Waals surface area contributed by atoms with Gasteiger partial charge in [-0.15, -0.1) is 0 Å². The number of hydrogen-bond donors (Lipinski definition) is 5. The maximum Gasteiger partial charge on any atom is 0.153 e. The van der Waals surface area contributed by atoms with Crippen LogP contribution in [0.5, 0.6) is 17.2 Å². The fourth-order valence-electron chi connectivity index (χ4n) is 2.62. The summed E-state index contributed by atoms with van der Waals surface area (Å²) in [6, 6.07) is 3.10. The molecule has 0 radical (unpaired) electrons. The standard InChI is InChI=1S/C16H23NO9S/c1-23-7-4-8(24-2)11(9(5-7)25-3)15(17-22)27-16-14(21)13(20)12(19)10(6-18)26-16/h4-5,10,12-14,16,18-22H,6H2,1-3H3/b17-15+/t10-,12-,13+,14-,16+/m1/s1. The number of ether oxygens (including phenoxy) is 4. The summed E-state index contributed by atoms with van der Waals surface area (Å²) in [6.45, 7) is -0.567. The third kappa shape index (κ3) is 4.39. The largest absolute Gasteiger partial charge is 0.496 e. The predicted molar refractivity (Wildman–Crippen MR) is 95.8 cm³/mol. The molecule has 1 saturated heterocycles. The normalized spacial score (nSPS) is 28.7. The lowest BCUT2D eigenvalue weighted by Gasteiger charge is -2.39. The Morgan fingerprint density at radius 3 is 2.07 bits per heavy atom. The zero-order valence-electron chi connectivity index (χ0n) is 15.0. The Bertz CT molecular complexity index is 644. The van der Waals surface area contributed by atoms with E-state index in [1.54, 1.807) is 12.1 Å². The van der Waals surface area contributed by atoms with Crippen LogP contribution >= 0.6 is 11.8 Å². The van der Waals surface area contributed by atoms with Gasteiger partial charge in [-0.1, -0.05) is 16.9 Å². The molecule has 0 aromatic heterocycles. The number of aliphatic hydroxyl groups is 4. The van der Waals surface area contributed by atoms with Crippen molar-refractivity contribution in [2.75, 3.05) is 27.9 Å². The van der Waals surface area contributed by atoms with E-state index in [2.05, 4.69) is 5.16 Å². The van der Waals surface area contributed by atoms with Gasteiger partial charge in [0, 0.05) is 12.1 Å². The van der Waals surface area contributed by atoms with Gasteiger partial charge in [0.15, 0.2) is 5.04 Å². The van der Waals surface area contributed by atoms with Crippen molar-refractivity contribution in [3.8, 4) is 17.2 Å². The zero-order valence-corrected chi connectivity index (χ0v) is 15.8. The van der Waals surface area contributed by atoms with E-state index < -0.39 is 36.5 Å². The fraction of sp³-hybridized carbons (Fsp3) is 0.562. The Hall–Kier alpha value is -1.76. The van der Waals surface area contributed by atoms with Gasteiger partial charge in [0.05, 0.1) is 33.5 Å². The highest BCUT2D eigenvalue weighted by Crippen LogP contribution is 2.39. The summed E-state index contributed by atoms with van der Waals surface area (Å²) >= 11 is 0.769. The van der Waals surface area contributed by atoms with Crippen molar-refractivity contribution in [1.29, 1.82) is 0 Å². The van der Waals surface area contributed by atoms with E-state index in [0.29, 0.717) is 5.75 Å². The van der Waals surface area contributed by atoms with E-state index in [4.69, 9.17) is 18.9 Å². The predicted octanol–water partition coefficient (Wildman–Crippen LogP) is -0.619. The number of benzene rings is 1. The van der Waals surface area contributed by atoms with Crippen LogP contribution in [0.2, 0.25) is 0 Å². The van der Waals surface area contributed by atoms with Gasteiger partial charge in [0.1, 0.15) is 47.1 Å². The van der Waals surface area contributed by atoms with Crippen molar-refractivity contribution >= 4 is 16.8 Å². The van der Waals surface area contributed by atoms with Gasteiger partial charge in [-0.05, 0) is 0 Å². The first-order chi connectivity index (χ1) is 12.9. The third-order valence-corrected chi connectivity index (χ3v) is 5.23. The van der Waals surface area contributed by atoms with Crippen LogP contribution in [0, 0.1) is 0 Å². The van der Waals surface area contributed by atoms with Crippen molar-refractivity contribution in [2.24, 2.45) is 5.16 Å². The van der Waals surface area contributed by atoms with E-state index in [9.17, 15) is 25.6 Å². The highest BCUT2D eigenvalue weighted by molar-refractivity contribution is 8.14. The van der Waals surface area contributed by atoms with Gasteiger partial charge in [0.2, 0.25) is 0 Å².